The Morgan fingerprint density at radius 1 is 1.19 bits per heavy atom. The summed E-state index contributed by atoms with van der Waals surface area (Å²) in [6.45, 7) is 0. The fourth-order valence-corrected chi connectivity index (χ4v) is 2.76. The van der Waals surface area contributed by atoms with Crippen LogP contribution in [0.5, 0.6) is 0 Å². The van der Waals surface area contributed by atoms with Crippen molar-refractivity contribution in [2.24, 2.45) is 5.73 Å². The molecular formula is C16H22N2O3. The van der Waals surface area contributed by atoms with Crippen LogP contribution in [0.1, 0.15) is 37.7 Å². The van der Waals surface area contributed by atoms with Crippen LogP contribution in [0.4, 0.5) is 0 Å². The highest BCUT2D eigenvalue weighted by Gasteiger charge is 2.37. The van der Waals surface area contributed by atoms with Crippen molar-refractivity contribution in [1.29, 1.82) is 0 Å². The van der Waals surface area contributed by atoms with Crippen LogP contribution in [0.2, 0.25) is 0 Å². The fourth-order valence-electron chi connectivity index (χ4n) is 2.76. The van der Waals surface area contributed by atoms with Gasteiger partial charge in [-0.25, -0.2) is 4.79 Å². The number of carbonyl (C=O) groups is 2. The molecule has 0 spiro atoms. The van der Waals surface area contributed by atoms with Gasteiger partial charge >= 0.3 is 5.97 Å². The van der Waals surface area contributed by atoms with Gasteiger partial charge in [0.15, 0.2) is 0 Å². The molecule has 1 saturated carbocycles. The Hall–Kier alpha value is -1.88. The number of hydrogen-bond donors (Lipinski definition) is 3. The first kappa shape index (κ1) is 15.5. The average Bonchev–Trinajstić information content (AvgIpc) is 2.48. The third-order valence-electron chi connectivity index (χ3n) is 4.08. The number of nitrogens with two attached hydrogens (primary N) is 1. The number of nitrogens with one attached hydrogen (secondary N) is 1. The Morgan fingerprint density at radius 2 is 1.81 bits per heavy atom. The molecule has 21 heavy (non-hydrogen) atoms. The first-order valence-electron chi connectivity index (χ1n) is 7.38. The van der Waals surface area contributed by atoms with Crippen molar-refractivity contribution in [2.75, 3.05) is 0 Å². The van der Waals surface area contributed by atoms with E-state index in [0.717, 1.165) is 24.8 Å². The maximum Gasteiger partial charge on any atom is 0.326 e. The molecule has 2 rings (SSSR count). The molecule has 0 aliphatic heterocycles. The van der Waals surface area contributed by atoms with E-state index in [1.807, 2.05) is 30.3 Å². The topological polar surface area (TPSA) is 92.4 Å². The van der Waals surface area contributed by atoms with Gasteiger partial charge < -0.3 is 16.2 Å². The van der Waals surface area contributed by atoms with Gasteiger partial charge in [-0.2, -0.15) is 0 Å². The molecule has 0 aromatic heterocycles. The molecule has 0 bridgehead atoms. The Balaban J connectivity index is 2.02. The lowest BCUT2D eigenvalue weighted by atomic mass is 9.81. The van der Waals surface area contributed by atoms with Crippen molar-refractivity contribution in [2.45, 2.75) is 50.1 Å². The standard InChI is InChI=1S/C16H22N2O3/c17-16(9-5-2-6-10-16)15(21)18-13(14(19)20)11-12-7-3-1-4-8-12/h1,3-4,7-8,13H,2,5-6,9-11,17H2,(H,18,21)(H,19,20). The summed E-state index contributed by atoms with van der Waals surface area (Å²) in [5, 5.41) is 11.9. The van der Waals surface area contributed by atoms with E-state index in [1.165, 1.54) is 0 Å². The van der Waals surface area contributed by atoms with Crippen LogP contribution in [0.15, 0.2) is 30.3 Å². The highest BCUT2D eigenvalue weighted by atomic mass is 16.4. The first-order chi connectivity index (χ1) is 10.0. The number of carbonyl (C=O) groups excluding carboxylic acids is 1. The minimum atomic E-state index is -1.04. The summed E-state index contributed by atoms with van der Waals surface area (Å²) in [4.78, 5) is 23.7. The number of amides is 1. The van der Waals surface area contributed by atoms with Crippen LogP contribution >= 0.6 is 0 Å². The quantitative estimate of drug-likeness (QED) is 0.765. The Kier molecular flexibility index (Phi) is 4.96. The molecule has 1 aromatic carbocycles. The largest absolute Gasteiger partial charge is 0.480 e. The molecule has 1 aliphatic carbocycles. The number of carboxylic acid groups (broad SMARTS) is 1. The third kappa shape index (κ3) is 4.04. The molecule has 1 amide bonds. The number of aliphatic carboxylic acids is 1. The maximum atomic E-state index is 12.3. The molecule has 1 fully saturated rings. The summed E-state index contributed by atoms with van der Waals surface area (Å²) >= 11 is 0. The van der Waals surface area contributed by atoms with E-state index in [0.29, 0.717) is 12.8 Å². The molecule has 0 saturated heterocycles. The number of benzene rings is 1. The molecule has 1 atom stereocenters. The Labute approximate surface area is 124 Å². The van der Waals surface area contributed by atoms with E-state index in [1.54, 1.807) is 0 Å². The molecule has 114 valence electrons. The van der Waals surface area contributed by atoms with Gasteiger partial charge in [0.1, 0.15) is 6.04 Å². The summed E-state index contributed by atoms with van der Waals surface area (Å²) in [6.07, 6.45) is 4.42. The van der Waals surface area contributed by atoms with Crippen LogP contribution in [0.25, 0.3) is 0 Å². The zero-order chi connectivity index (χ0) is 15.3. The van der Waals surface area contributed by atoms with Crippen LogP contribution in [0, 0.1) is 0 Å². The van der Waals surface area contributed by atoms with E-state index in [2.05, 4.69) is 5.32 Å². The van der Waals surface area contributed by atoms with Crippen LogP contribution in [-0.2, 0) is 16.0 Å². The summed E-state index contributed by atoms with van der Waals surface area (Å²) in [6, 6.07) is 8.32. The van der Waals surface area contributed by atoms with Crippen molar-refractivity contribution in [1.82, 2.24) is 5.32 Å². The molecule has 1 aliphatic rings. The van der Waals surface area contributed by atoms with Crippen LogP contribution < -0.4 is 11.1 Å². The second kappa shape index (κ2) is 6.72. The van der Waals surface area contributed by atoms with Crippen molar-refractivity contribution in [3.05, 3.63) is 35.9 Å². The molecule has 1 unspecified atom stereocenters. The average molecular weight is 290 g/mol. The van der Waals surface area contributed by atoms with Gasteiger partial charge in [0.2, 0.25) is 5.91 Å². The van der Waals surface area contributed by atoms with Gasteiger partial charge in [-0.1, -0.05) is 49.6 Å². The van der Waals surface area contributed by atoms with Crippen molar-refractivity contribution in [3.8, 4) is 0 Å². The van der Waals surface area contributed by atoms with Gasteiger partial charge in [0.25, 0.3) is 0 Å². The normalized spacial score (nSPS) is 18.7. The van der Waals surface area contributed by atoms with Crippen LogP contribution in [0.3, 0.4) is 0 Å². The van der Waals surface area contributed by atoms with E-state index < -0.39 is 17.6 Å². The van der Waals surface area contributed by atoms with Gasteiger partial charge in [0.05, 0.1) is 5.54 Å². The number of hydrogen-bond acceptors (Lipinski definition) is 3. The molecule has 4 N–H and O–H groups in total. The third-order valence-corrected chi connectivity index (χ3v) is 4.08. The van der Waals surface area contributed by atoms with Gasteiger partial charge in [0, 0.05) is 6.42 Å². The zero-order valence-electron chi connectivity index (χ0n) is 12.0. The van der Waals surface area contributed by atoms with E-state index in [9.17, 15) is 14.7 Å². The minimum absolute atomic E-state index is 0.262. The molecule has 5 heteroatoms. The summed E-state index contributed by atoms with van der Waals surface area (Å²) in [7, 11) is 0. The summed E-state index contributed by atoms with van der Waals surface area (Å²) < 4.78 is 0. The lowest BCUT2D eigenvalue weighted by molar-refractivity contribution is -0.143. The molecule has 0 heterocycles. The highest BCUT2D eigenvalue weighted by molar-refractivity contribution is 5.90. The lowest BCUT2D eigenvalue weighted by Gasteiger charge is -2.32. The van der Waals surface area contributed by atoms with Gasteiger partial charge in [-0.15, -0.1) is 0 Å². The Bertz CT molecular complexity index is 496. The first-order valence-corrected chi connectivity index (χ1v) is 7.38. The predicted octanol–water partition coefficient (Wildman–Crippen LogP) is 1.46. The minimum Gasteiger partial charge on any atom is -0.480 e. The van der Waals surface area contributed by atoms with E-state index >= 15 is 0 Å². The summed E-state index contributed by atoms with van der Waals surface area (Å²) in [5.74, 6) is -1.38. The van der Waals surface area contributed by atoms with Gasteiger partial charge in [-0.3, -0.25) is 4.79 Å². The SMILES string of the molecule is NC1(C(=O)NC(Cc2ccccc2)C(=O)O)CCCCC1. The smallest absolute Gasteiger partial charge is 0.326 e. The molecule has 0 radical (unpaired) electrons. The highest BCUT2D eigenvalue weighted by Crippen LogP contribution is 2.26. The maximum absolute atomic E-state index is 12.3. The van der Waals surface area contributed by atoms with Crippen molar-refractivity contribution in [3.63, 3.8) is 0 Å². The van der Waals surface area contributed by atoms with Crippen molar-refractivity contribution < 1.29 is 14.7 Å². The molecule has 1 aromatic rings. The van der Waals surface area contributed by atoms with E-state index in [4.69, 9.17) is 5.73 Å². The number of carboxylic acids is 1. The summed E-state index contributed by atoms with van der Waals surface area (Å²) in [5.41, 5.74) is 6.10. The van der Waals surface area contributed by atoms with Gasteiger partial charge in [-0.05, 0) is 18.4 Å². The number of rotatable bonds is 5. The molecule has 5 nitrogen and oxygen atoms in total. The molecular weight excluding hydrogens is 268 g/mol. The second-order valence-electron chi connectivity index (χ2n) is 5.77. The monoisotopic (exact) mass is 290 g/mol. The lowest BCUT2D eigenvalue weighted by Crippen LogP contribution is -2.58. The van der Waals surface area contributed by atoms with Crippen LogP contribution in [-0.4, -0.2) is 28.6 Å². The zero-order valence-corrected chi connectivity index (χ0v) is 12.0. The second-order valence-corrected chi connectivity index (χ2v) is 5.77. The van der Waals surface area contributed by atoms with E-state index in [-0.39, 0.29) is 12.3 Å². The fraction of sp³-hybridized carbons (Fsp3) is 0.500. The Morgan fingerprint density at radius 3 is 2.38 bits per heavy atom. The van der Waals surface area contributed by atoms with Crippen molar-refractivity contribution >= 4 is 11.9 Å². The predicted molar refractivity (Wildman–Crippen MR) is 79.7 cm³/mol.